The molecule has 0 bridgehead atoms. The molecule has 1 saturated carbocycles. The summed E-state index contributed by atoms with van der Waals surface area (Å²) in [5, 5.41) is 3.87. The number of nitrogens with one attached hydrogen (secondary N) is 1. The van der Waals surface area contributed by atoms with Gasteiger partial charge in [0.15, 0.2) is 5.22 Å². The third kappa shape index (κ3) is 2.80. The van der Waals surface area contributed by atoms with Crippen molar-refractivity contribution in [2.75, 3.05) is 7.05 Å². The van der Waals surface area contributed by atoms with E-state index in [2.05, 4.69) is 5.32 Å². The second kappa shape index (κ2) is 5.74. The summed E-state index contributed by atoms with van der Waals surface area (Å²) in [6, 6.07) is 4.15. The number of rotatable bonds is 3. The molecule has 1 atom stereocenters. The van der Waals surface area contributed by atoms with Crippen LogP contribution in [0.15, 0.2) is 16.5 Å². The molecule has 0 spiro atoms. The van der Waals surface area contributed by atoms with Gasteiger partial charge in [-0.1, -0.05) is 25.7 Å². The summed E-state index contributed by atoms with van der Waals surface area (Å²) in [6.45, 7) is 0. The van der Waals surface area contributed by atoms with Crippen molar-refractivity contribution >= 4 is 11.6 Å². The maximum atomic E-state index is 5.84. The van der Waals surface area contributed by atoms with Crippen LogP contribution in [0.5, 0.6) is 0 Å². The highest BCUT2D eigenvalue weighted by atomic mass is 35.5. The van der Waals surface area contributed by atoms with E-state index in [1.165, 1.54) is 38.5 Å². The fourth-order valence-corrected chi connectivity index (χ4v) is 2.90. The Balaban J connectivity index is 2.08. The van der Waals surface area contributed by atoms with Gasteiger partial charge in [0.25, 0.3) is 0 Å². The molecular weight excluding hydrogens is 222 g/mol. The Morgan fingerprint density at radius 2 is 1.94 bits per heavy atom. The zero-order valence-electron chi connectivity index (χ0n) is 9.84. The molecule has 2 rings (SSSR count). The van der Waals surface area contributed by atoms with Gasteiger partial charge in [0.2, 0.25) is 0 Å². The first-order valence-electron chi connectivity index (χ1n) is 6.24. The predicted molar refractivity (Wildman–Crippen MR) is 66.7 cm³/mol. The van der Waals surface area contributed by atoms with Crippen molar-refractivity contribution < 1.29 is 4.42 Å². The minimum absolute atomic E-state index is 0.325. The highest BCUT2D eigenvalue weighted by Crippen LogP contribution is 2.34. The van der Waals surface area contributed by atoms with E-state index in [-0.39, 0.29) is 0 Å². The van der Waals surface area contributed by atoms with Crippen LogP contribution in [0.3, 0.4) is 0 Å². The molecule has 1 aromatic rings. The minimum Gasteiger partial charge on any atom is -0.448 e. The first kappa shape index (κ1) is 12.0. The molecule has 1 aliphatic rings. The summed E-state index contributed by atoms with van der Waals surface area (Å²) >= 11 is 5.84. The maximum absolute atomic E-state index is 5.84. The average molecular weight is 242 g/mol. The first-order valence-corrected chi connectivity index (χ1v) is 6.61. The van der Waals surface area contributed by atoms with Crippen molar-refractivity contribution in [1.29, 1.82) is 0 Å². The van der Waals surface area contributed by atoms with Crippen molar-refractivity contribution in [2.24, 2.45) is 5.92 Å². The van der Waals surface area contributed by atoms with Crippen LogP contribution in [0.4, 0.5) is 0 Å². The minimum atomic E-state index is 0.325. The second-order valence-electron chi connectivity index (χ2n) is 4.66. The molecule has 1 fully saturated rings. The fraction of sp³-hybridized carbons (Fsp3) is 0.692. The van der Waals surface area contributed by atoms with Crippen LogP contribution in [0.1, 0.15) is 50.3 Å². The zero-order valence-corrected chi connectivity index (χ0v) is 10.6. The van der Waals surface area contributed by atoms with E-state index < -0.39 is 0 Å². The van der Waals surface area contributed by atoms with Gasteiger partial charge in [-0.3, -0.25) is 0 Å². The van der Waals surface area contributed by atoms with Crippen molar-refractivity contribution in [3.05, 3.63) is 23.1 Å². The van der Waals surface area contributed by atoms with Crippen LogP contribution >= 0.6 is 11.6 Å². The van der Waals surface area contributed by atoms with Crippen molar-refractivity contribution in [2.45, 2.75) is 44.6 Å². The molecule has 1 aromatic heterocycles. The third-order valence-corrected chi connectivity index (χ3v) is 3.79. The van der Waals surface area contributed by atoms with Gasteiger partial charge in [0.1, 0.15) is 5.76 Å². The molecule has 0 saturated heterocycles. The Morgan fingerprint density at radius 1 is 1.25 bits per heavy atom. The van der Waals surface area contributed by atoms with E-state index in [1.54, 1.807) is 0 Å². The third-order valence-electron chi connectivity index (χ3n) is 3.58. The van der Waals surface area contributed by atoms with Crippen molar-refractivity contribution in [3.63, 3.8) is 0 Å². The van der Waals surface area contributed by atoms with Gasteiger partial charge in [-0.25, -0.2) is 0 Å². The van der Waals surface area contributed by atoms with Crippen LogP contribution in [-0.2, 0) is 0 Å². The molecule has 90 valence electrons. The van der Waals surface area contributed by atoms with Gasteiger partial charge in [-0.15, -0.1) is 0 Å². The molecule has 1 heterocycles. The fourth-order valence-electron chi connectivity index (χ4n) is 2.75. The smallest absolute Gasteiger partial charge is 0.193 e. The summed E-state index contributed by atoms with van der Waals surface area (Å²) in [7, 11) is 2.01. The van der Waals surface area contributed by atoms with Crippen LogP contribution in [0, 0.1) is 5.92 Å². The lowest BCUT2D eigenvalue weighted by Gasteiger charge is -2.23. The molecule has 0 aromatic carbocycles. The number of furan rings is 1. The second-order valence-corrected chi connectivity index (χ2v) is 5.03. The summed E-state index contributed by atoms with van der Waals surface area (Å²) in [4.78, 5) is 0. The molecule has 3 heteroatoms. The average Bonchev–Trinajstić information content (AvgIpc) is 2.55. The van der Waals surface area contributed by atoms with Gasteiger partial charge in [0, 0.05) is 0 Å². The monoisotopic (exact) mass is 241 g/mol. The summed E-state index contributed by atoms with van der Waals surface area (Å²) in [5.74, 6) is 1.68. The van der Waals surface area contributed by atoms with E-state index in [1.807, 2.05) is 19.2 Å². The van der Waals surface area contributed by atoms with Crippen LogP contribution in [0.2, 0.25) is 5.22 Å². The van der Waals surface area contributed by atoms with E-state index in [4.69, 9.17) is 16.0 Å². The van der Waals surface area contributed by atoms with E-state index in [0.29, 0.717) is 17.2 Å². The number of hydrogen-bond donors (Lipinski definition) is 1. The van der Waals surface area contributed by atoms with E-state index >= 15 is 0 Å². The zero-order chi connectivity index (χ0) is 11.4. The standard InChI is InChI=1S/C13H20ClNO/c1-15-13(11-8-9-12(14)16-11)10-6-4-2-3-5-7-10/h8-10,13,15H,2-7H2,1H3. The molecule has 0 radical (unpaired) electrons. The SMILES string of the molecule is CNC(c1ccc(Cl)o1)C1CCCCCC1. The molecule has 1 aliphatic carbocycles. The maximum Gasteiger partial charge on any atom is 0.193 e. The molecule has 0 amide bonds. The normalized spacial score (nSPS) is 20.6. The summed E-state index contributed by atoms with van der Waals surface area (Å²) < 4.78 is 5.53. The predicted octanol–water partition coefficient (Wildman–Crippen LogP) is 4.16. The highest BCUT2D eigenvalue weighted by Gasteiger charge is 2.25. The highest BCUT2D eigenvalue weighted by molar-refractivity contribution is 6.28. The lowest BCUT2D eigenvalue weighted by Crippen LogP contribution is -2.24. The van der Waals surface area contributed by atoms with E-state index in [0.717, 1.165) is 5.76 Å². The first-order chi connectivity index (χ1) is 7.81. The van der Waals surface area contributed by atoms with Crippen molar-refractivity contribution in [3.8, 4) is 0 Å². The Bertz CT molecular complexity index is 315. The topological polar surface area (TPSA) is 25.2 Å². The number of halogens is 1. The Morgan fingerprint density at radius 3 is 2.44 bits per heavy atom. The molecule has 2 nitrogen and oxygen atoms in total. The quantitative estimate of drug-likeness (QED) is 0.804. The van der Waals surface area contributed by atoms with Crippen molar-refractivity contribution in [1.82, 2.24) is 5.32 Å². The van der Waals surface area contributed by atoms with Crippen LogP contribution < -0.4 is 5.32 Å². The van der Waals surface area contributed by atoms with Gasteiger partial charge < -0.3 is 9.73 Å². The Labute approximate surface area is 102 Å². The summed E-state index contributed by atoms with van der Waals surface area (Å²) in [5.41, 5.74) is 0. The van der Waals surface area contributed by atoms with E-state index in [9.17, 15) is 0 Å². The lowest BCUT2D eigenvalue weighted by molar-refractivity contribution is 0.297. The molecule has 16 heavy (non-hydrogen) atoms. The molecule has 1 unspecified atom stereocenters. The van der Waals surface area contributed by atoms with Crippen LogP contribution in [0.25, 0.3) is 0 Å². The van der Waals surface area contributed by atoms with Gasteiger partial charge in [-0.05, 0) is 49.5 Å². The lowest BCUT2D eigenvalue weighted by atomic mass is 9.90. The molecule has 0 aliphatic heterocycles. The van der Waals surface area contributed by atoms with Gasteiger partial charge in [-0.2, -0.15) is 0 Å². The number of hydrogen-bond acceptors (Lipinski definition) is 2. The Hall–Kier alpha value is -0.470. The summed E-state index contributed by atoms with van der Waals surface area (Å²) in [6.07, 6.45) is 8.04. The van der Waals surface area contributed by atoms with Gasteiger partial charge >= 0.3 is 0 Å². The molecular formula is C13H20ClNO. The largest absolute Gasteiger partial charge is 0.448 e. The van der Waals surface area contributed by atoms with Gasteiger partial charge in [0.05, 0.1) is 6.04 Å². The Kier molecular flexibility index (Phi) is 4.30. The van der Waals surface area contributed by atoms with Crippen LogP contribution in [-0.4, -0.2) is 7.05 Å². The molecule has 1 N–H and O–H groups in total.